The standard InChI is InChI=1S/C11H15NO6S/c1-7(6-17-2)18-10-4-3-8(19(12,15)16)5-9(10)11(13)14/h3-5,7H,6H2,1-2H3,(H,13,14)(H2,12,15,16). The first-order valence-corrected chi connectivity index (χ1v) is 6.86. The van der Waals surface area contributed by atoms with Crippen LogP contribution in [0.4, 0.5) is 0 Å². The van der Waals surface area contributed by atoms with Crippen LogP contribution in [0.15, 0.2) is 23.1 Å². The highest BCUT2D eigenvalue weighted by atomic mass is 32.2. The topological polar surface area (TPSA) is 116 Å². The first kappa shape index (κ1) is 15.4. The Balaban J connectivity index is 3.16. The number of carboxylic acids is 1. The maximum atomic E-state index is 11.2. The maximum absolute atomic E-state index is 11.2. The van der Waals surface area contributed by atoms with Gasteiger partial charge < -0.3 is 14.6 Å². The molecule has 0 bridgehead atoms. The van der Waals surface area contributed by atoms with Crippen molar-refractivity contribution in [3.8, 4) is 5.75 Å². The Morgan fingerprint density at radius 1 is 1.47 bits per heavy atom. The lowest BCUT2D eigenvalue weighted by atomic mass is 10.2. The van der Waals surface area contributed by atoms with Gasteiger partial charge in [0, 0.05) is 7.11 Å². The maximum Gasteiger partial charge on any atom is 0.339 e. The normalized spacial score (nSPS) is 13.0. The van der Waals surface area contributed by atoms with Crippen LogP contribution in [0.25, 0.3) is 0 Å². The van der Waals surface area contributed by atoms with Crippen LogP contribution >= 0.6 is 0 Å². The number of methoxy groups -OCH3 is 1. The van der Waals surface area contributed by atoms with Gasteiger partial charge in [0.2, 0.25) is 10.0 Å². The fourth-order valence-corrected chi connectivity index (χ4v) is 1.98. The molecule has 1 rings (SSSR count). The van der Waals surface area contributed by atoms with Crippen molar-refractivity contribution in [2.75, 3.05) is 13.7 Å². The van der Waals surface area contributed by atoms with E-state index in [2.05, 4.69) is 0 Å². The zero-order chi connectivity index (χ0) is 14.6. The van der Waals surface area contributed by atoms with Gasteiger partial charge in [-0.25, -0.2) is 18.4 Å². The molecular formula is C11H15NO6S. The summed E-state index contributed by atoms with van der Waals surface area (Å²) in [6.45, 7) is 1.97. The molecule has 1 atom stereocenters. The summed E-state index contributed by atoms with van der Waals surface area (Å²) in [7, 11) is -2.47. The van der Waals surface area contributed by atoms with Gasteiger partial charge in [0.05, 0.1) is 11.5 Å². The van der Waals surface area contributed by atoms with Crippen molar-refractivity contribution >= 4 is 16.0 Å². The number of primary sulfonamides is 1. The molecule has 7 nitrogen and oxygen atoms in total. The lowest BCUT2D eigenvalue weighted by molar-refractivity contribution is 0.0673. The van der Waals surface area contributed by atoms with Crippen LogP contribution in [-0.2, 0) is 14.8 Å². The van der Waals surface area contributed by atoms with Crippen LogP contribution in [0.1, 0.15) is 17.3 Å². The number of benzene rings is 1. The first-order chi connectivity index (χ1) is 8.75. The minimum Gasteiger partial charge on any atom is -0.487 e. The molecule has 0 radical (unpaired) electrons. The van der Waals surface area contributed by atoms with E-state index in [0.717, 1.165) is 6.07 Å². The number of rotatable bonds is 6. The number of sulfonamides is 1. The van der Waals surface area contributed by atoms with E-state index in [9.17, 15) is 13.2 Å². The molecule has 3 N–H and O–H groups in total. The lowest BCUT2D eigenvalue weighted by Gasteiger charge is -2.15. The summed E-state index contributed by atoms with van der Waals surface area (Å²) >= 11 is 0. The summed E-state index contributed by atoms with van der Waals surface area (Å²) in [5.41, 5.74) is -0.269. The number of nitrogens with two attached hydrogens (primary N) is 1. The molecule has 106 valence electrons. The van der Waals surface area contributed by atoms with E-state index in [4.69, 9.17) is 19.7 Å². The average molecular weight is 289 g/mol. The number of carbonyl (C=O) groups is 1. The molecule has 0 amide bonds. The van der Waals surface area contributed by atoms with Gasteiger partial charge in [0.1, 0.15) is 17.4 Å². The highest BCUT2D eigenvalue weighted by Crippen LogP contribution is 2.23. The van der Waals surface area contributed by atoms with E-state index in [1.54, 1.807) is 6.92 Å². The number of aromatic carboxylic acids is 1. The number of hydrogen-bond acceptors (Lipinski definition) is 5. The lowest BCUT2D eigenvalue weighted by Crippen LogP contribution is -2.20. The van der Waals surface area contributed by atoms with E-state index in [1.807, 2.05) is 0 Å². The summed E-state index contributed by atoms with van der Waals surface area (Å²) < 4.78 is 32.6. The third-order valence-electron chi connectivity index (χ3n) is 2.24. The summed E-state index contributed by atoms with van der Waals surface area (Å²) in [6, 6.07) is 3.42. The number of ether oxygens (including phenoxy) is 2. The predicted octanol–water partition coefficient (Wildman–Crippen LogP) is 0.446. The molecule has 1 aromatic rings. The van der Waals surface area contributed by atoms with Crippen molar-refractivity contribution in [2.45, 2.75) is 17.9 Å². The summed E-state index contributed by atoms with van der Waals surface area (Å²) in [5, 5.41) is 14.0. The van der Waals surface area contributed by atoms with Crippen LogP contribution in [0.2, 0.25) is 0 Å². The van der Waals surface area contributed by atoms with Crippen LogP contribution in [-0.4, -0.2) is 39.3 Å². The second-order valence-corrected chi connectivity index (χ2v) is 5.45. The smallest absolute Gasteiger partial charge is 0.339 e. The zero-order valence-electron chi connectivity index (χ0n) is 10.5. The van der Waals surface area contributed by atoms with Gasteiger partial charge >= 0.3 is 5.97 Å². The zero-order valence-corrected chi connectivity index (χ0v) is 11.3. The van der Waals surface area contributed by atoms with Crippen LogP contribution in [0.5, 0.6) is 5.75 Å². The summed E-state index contributed by atoms with van der Waals surface area (Å²) in [6.07, 6.45) is -0.372. The Morgan fingerprint density at radius 2 is 2.11 bits per heavy atom. The Labute approximate surface area is 111 Å². The molecule has 0 heterocycles. The van der Waals surface area contributed by atoms with E-state index >= 15 is 0 Å². The molecule has 1 unspecified atom stereocenters. The van der Waals surface area contributed by atoms with Gasteiger partial charge in [-0.3, -0.25) is 0 Å². The van der Waals surface area contributed by atoms with Crippen molar-refractivity contribution < 1.29 is 27.8 Å². The molecule has 19 heavy (non-hydrogen) atoms. The van der Waals surface area contributed by atoms with Crippen molar-refractivity contribution in [3.63, 3.8) is 0 Å². The molecule has 0 aliphatic carbocycles. The van der Waals surface area contributed by atoms with Gasteiger partial charge in [0.15, 0.2) is 0 Å². The molecule has 0 saturated carbocycles. The molecule has 0 saturated heterocycles. The second-order valence-electron chi connectivity index (χ2n) is 3.89. The molecular weight excluding hydrogens is 274 g/mol. The van der Waals surface area contributed by atoms with Crippen molar-refractivity contribution in [1.29, 1.82) is 0 Å². The van der Waals surface area contributed by atoms with Crippen molar-refractivity contribution in [3.05, 3.63) is 23.8 Å². The van der Waals surface area contributed by atoms with E-state index < -0.39 is 16.0 Å². The van der Waals surface area contributed by atoms with Gasteiger partial charge in [-0.15, -0.1) is 0 Å². The quantitative estimate of drug-likeness (QED) is 0.785. The fourth-order valence-electron chi connectivity index (χ4n) is 1.44. The highest BCUT2D eigenvalue weighted by Gasteiger charge is 2.18. The van der Waals surface area contributed by atoms with Crippen LogP contribution in [0.3, 0.4) is 0 Å². The third kappa shape index (κ3) is 4.19. The Bertz CT molecular complexity index is 569. The Hall–Kier alpha value is -1.64. The van der Waals surface area contributed by atoms with Crippen LogP contribution < -0.4 is 9.88 Å². The summed E-state index contributed by atoms with van der Waals surface area (Å²) in [5.74, 6) is -1.24. The largest absolute Gasteiger partial charge is 0.487 e. The monoisotopic (exact) mass is 289 g/mol. The minimum atomic E-state index is -3.96. The number of carboxylic acid groups (broad SMARTS) is 1. The molecule has 0 aliphatic rings. The van der Waals surface area contributed by atoms with E-state index in [-0.39, 0.29) is 28.9 Å². The van der Waals surface area contributed by atoms with Gasteiger partial charge in [0.25, 0.3) is 0 Å². The van der Waals surface area contributed by atoms with Crippen LogP contribution in [0, 0.1) is 0 Å². The Kier molecular flexibility index (Phi) is 4.87. The van der Waals surface area contributed by atoms with E-state index in [0.29, 0.717) is 0 Å². The number of hydrogen-bond donors (Lipinski definition) is 2. The average Bonchev–Trinajstić information content (AvgIpc) is 2.27. The van der Waals surface area contributed by atoms with Gasteiger partial charge in [-0.1, -0.05) is 0 Å². The fraction of sp³-hybridized carbons (Fsp3) is 0.364. The summed E-state index contributed by atoms with van der Waals surface area (Å²) in [4.78, 5) is 10.8. The predicted molar refractivity (Wildman–Crippen MR) is 66.7 cm³/mol. The molecule has 0 spiro atoms. The SMILES string of the molecule is COCC(C)Oc1ccc(S(N)(=O)=O)cc1C(=O)O. The third-order valence-corrected chi connectivity index (χ3v) is 3.15. The molecule has 0 aromatic heterocycles. The minimum absolute atomic E-state index is 0.0597. The molecule has 0 aliphatic heterocycles. The van der Waals surface area contributed by atoms with E-state index in [1.165, 1.54) is 19.2 Å². The Morgan fingerprint density at radius 3 is 2.58 bits per heavy atom. The molecule has 1 aromatic carbocycles. The highest BCUT2D eigenvalue weighted by molar-refractivity contribution is 7.89. The second kappa shape index (κ2) is 6.00. The van der Waals surface area contributed by atoms with Crippen molar-refractivity contribution in [1.82, 2.24) is 0 Å². The van der Waals surface area contributed by atoms with Gasteiger partial charge in [-0.2, -0.15) is 0 Å². The van der Waals surface area contributed by atoms with Gasteiger partial charge in [-0.05, 0) is 25.1 Å². The molecule has 0 fully saturated rings. The first-order valence-electron chi connectivity index (χ1n) is 5.31. The van der Waals surface area contributed by atoms with Crippen molar-refractivity contribution in [2.24, 2.45) is 5.14 Å². The molecule has 8 heteroatoms.